The first-order chi connectivity index (χ1) is 14.6. The zero-order valence-electron chi connectivity index (χ0n) is 16.5. The fraction of sp³-hybridized carbons (Fsp3) is 0.208. The topological polar surface area (TPSA) is 78.5 Å². The molecule has 4 rings (SSSR count). The number of rotatable bonds is 6. The molecule has 3 aromatic carbocycles. The number of anilines is 1. The van der Waals surface area contributed by atoms with Crippen molar-refractivity contribution >= 4 is 34.2 Å². The Bertz CT molecular complexity index is 1080. The van der Waals surface area contributed by atoms with Crippen LogP contribution in [0.1, 0.15) is 16.8 Å². The molecule has 0 radical (unpaired) electrons. The maximum absolute atomic E-state index is 12.4. The van der Waals surface area contributed by atoms with Gasteiger partial charge in [0.2, 0.25) is 11.8 Å². The van der Waals surface area contributed by atoms with Crippen LogP contribution < -0.4 is 15.5 Å². The molecule has 2 N–H and O–H groups in total. The third-order valence-electron chi connectivity index (χ3n) is 5.29. The summed E-state index contributed by atoms with van der Waals surface area (Å²) in [5.41, 5.74) is 1.39. The highest BCUT2D eigenvalue weighted by molar-refractivity contribution is 6.00. The second kappa shape index (κ2) is 8.78. The summed E-state index contributed by atoms with van der Waals surface area (Å²) in [6.07, 6.45) is 0.199. The molecule has 6 nitrogen and oxygen atoms in total. The smallest absolute Gasteiger partial charge is 0.251 e. The molecule has 0 spiro atoms. The lowest BCUT2D eigenvalue weighted by Gasteiger charge is -2.16. The molecular weight excluding hydrogens is 378 g/mol. The SMILES string of the molecule is O=C(NCCNC(=O)C1CC(=O)N(c2ccccc2)C1)c1ccc2ccccc2c1. The van der Waals surface area contributed by atoms with Crippen molar-refractivity contribution in [3.8, 4) is 0 Å². The Balaban J connectivity index is 1.24. The molecular formula is C24H23N3O3. The Kier molecular flexibility index (Phi) is 5.75. The van der Waals surface area contributed by atoms with Gasteiger partial charge >= 0.3 is 0 Å². The van der Waals surface area contributed by atoms with E-state index in [0.29, 0.717) is 25.2 Å². The summed E-state index contributed by atoms with van der Waals surface area (Å²) in [6.45, 7) is 1.01. The van der Waals surface area contributed by atoms with Crippen LogP contribution in [0.3, 0.4) is 0 Å². The molecule has 6 heteroatoms. The van der Waals surface area contributed by atoms with Crippen LogP contribution in [0, 0.1) is 5.92 Å². The summed E-state index contributed by atoms with van der Waals surface area (Å²) in [4.78, 5) is 38.7. The van der Waals surface area contributed by atoms with Crippen LogP contribution in [-0.2, 0) is 9.59 Å². The third kappa shape index (κ3) is 4.33. The first-order valence-electron chi connectivity index (χ1n) is 10.0. The van der Waals surface area contributed by atoms with Gasteiger partial charge in [-0.05, 0) is 35.0 Å². The van der Waals surface area contributed by atoms with Gasteiger partial charge in [0.25, 0.3) is 5.91 Å². The molecule has 1 atom stereocenters. The summed E-state index contributed by atoms with van der Waals surface area (Å²) in [6, 6.07) is 22.8. The largest absolute Gasteiger partial charge is 0.354 e. The minimum absolute atomic E-state index is 0.0500. The maximum Gasteiger partial charge on any atom is 0.251 e. The van der Waals surface area contributed by atoms with E-state index in [2.05, 4.69) is 10.6 Å². The van der Waals surface area contributed by atoms with E-state index in [4.69, 9.17) is 0 Å². The molecule has 1 fully saturated rings. The fourth-order valence-corrected chi connectivity index (χ4v) is 3.68. The van der Waals surface area contributed by atoms with Gasteiger partial charge in [0, 0.05) is 37.3 Å². The first-order valence-corrected chi connectivity index (χ1v) is 10.0. The summed E-state index contributed by atoms with van der Waals surface area (Å²) >= 11 is 0. The number of carbonyl (C=O) groups is 3. The lowest BCUT2D eigenvalue weighted by molar-refractivity contribution is -0.126. The molecule has 30 heavy (non-hydrogen) atoms. The number of nitrogens with one attached hydrogen (secondary N) is 2. The molecule has 3 aromatic rings. The fourth-order valence-electron chi connectivity index (χ4n) is 3.68. The van der Waals surface area contributed by atoms with Crippen LogP contribution in [0.2, 0.25) is 0 Å². The Morgan fingerprint density at radius 3 is 2.37 bits per heavy atom. The lowest BCUT2D eigenvalue weighted by Crippen LogP contribution is -2.38. The molecule has 0 saturated carbocycles. The molecule has 0 aliphatic carbocycles. The van der Waals surface area contributed by atoms with E-state index in [-0.39, 0.29) is 30.1 Å². The molecule has 152 valence electrons. The Labute approximate surface area is 174 Å². The van der Waals surface area contributed by atoms with E-state index < -0.39 is 0 Å². The van der Waals surface area contributed by atoms with Gasteiger partial charge in [0.05, 0.1) is 5.92 Å². The molecule has 1 heterocycles. The second-order valence-corrected chi connectivity index (χ2v) is 7.35. The van der Waals surface area contributed by atoms with Gasteiger partial charge in [-0.3, -0.25) is 14.4 Å². The average Bonchev–Trinajstić information content (AvgIpc) is 3.18. The van der Waals surface area contributed by atoms with Crippen LogP contribution in [0.25, 0.3) is 10.8 Å². The number of fused-ring (bicyclic) bond motifs is 1. The number of hydrogen-bond acceptors (Lipinski definition) is 3. The molecule has 0 aromatic heterocycles. The Morgan fingerprint density at radius 2 is 1.57 bits per heavy atom. The normalized spacial score (nSPS) is 15.9. The summed E-state index contributed by atoms with van der Waals surface area (Å²) < 4.78 is 0. The van der Waals surface area contributed by atoms with Crippen molar-refractivity contribution in [1.29, 1.82) is 0 Å². The number of carbonyl (C=O) groups excluding carboxylic acids is 3. The van der Waals surface area contributed by atoms with Crippen molar-refractivity contribution in [2.45, 2.75) is 6.42 Å². The van der Waals surface area contributed by atoms with Crippen LogP contribution in [0.5, 0.6) is 0 Å². The quantitative estimate of drug-likeness (QED) is 0.624. The average molecular weight is 401 g/mol. The van der Waals surface area contributed by atoms with Crippen molar-refractivity contribution < 1.29 is 14.4 Å². The number of hydrogen-bond donors (Lipinski definition) is 2. The lowest BCUT2D eigenvalue weighted by atomic mass is 10.1. The number of amides is 3. The molecule has 1 aliphatic rings. The molecule has 1 aliphatic heterocycles. The number of para-hydroxylation sites is 1. The van der Waals surface area contributed by atoms with Crippen molar-refractivity contribution in [1.82, 2.24) is 10.6 Å². The highest BCUT2D eigenvalue weighted by Crippen LogP contribution is 2.24. The van der Waals surface area contributed by atoms with Gasteiger partial charge in [0.15, 0.2) is 0 Å². The summed E-state index contributed by atoms with van der Waals surface area (Å²) in [5, 5.41) is 7.73. The molecule has 1 saturated heterocycles. The Morgan fingerprint density at radius 1 is 0.867 bits per heavy atom. The van der Waals surface area contributed by atoms with E-state index in [9.17, 15) is 14.4 Å². The van der Waals surface area contributed by atoms with Crippen molar-refractivity contribution in [2.24, 2.45) is 5.92 Å². The maximum atomic E-state index is 12.4. The predicted molar refractivity (Wildman–Crippen MR) is 116 cm³/mol. The van der Waals surface area contributed by atoms with Gasteiger partial charge in [-0.15, -0.1) is 0 Å². The second-order valence-electron chi connectivity index (χ2n) is 7.35. The summed E-state index contributed by atoms with van der Waals surface area (Å²) in [7, 11) is 0. The van der Waals surface area contributed by atoms with E-state index in [0.717, 1.165) is 16.5 Å². The summed E-state index contributed by atoms with van der Waals surface area (Å²) in [5.74, 6) is -0.775. The monoisotopic (exact) mass is 401 g/mol. The predicted octanol–water partition coefficient (Wildman–Crippen LogP) is 2.74. The van der Waals surface area contributed by atoms with E-state index in [1.54, 1.807) is 11.0 Å². The third-order valence-corrected chi connectivity index (χ3v) is 5.29. The van der Waals surface area contributed by atoms with Gasteiger partial charge in [-0.25, -0.2) is 0 Å². The van der Waals surface area contributed by atoms with Crippen molar-refractivity contribution in [2.75, 3.05) is 24.5 Å². The van der Waals surface area contributed by atoms with E-state index >= 15 is 0 Å². The molecule has 1 unspecified atom stereocenters. The zero-order valence-corrected chi connectivity index (χ0v) is 16.5. The van der Waals surface area contributed by atoms with Crippen LogP contribution in [-0.4, -0.2) is 37.4 Å². The van der Waals surface area contributed by atoms with Crippen LogP contribution >= 0.6 is 0 Å². The van der Waals surface area contributed by atoms with Crippen molar-refractivity contribution in [3.05, 3.63) is 78.4 Å². The molecule has 3 amide bonds. The van der Waals surface area contributed by atoms with Crippen LogP contribution in [0.4, 0.5) is 5.69 Å². The first kappa shape index (κ1) is 19.6. The Hall–Kier alpha value is -3.67. The minimum atomic E-state index is -0.381. The number of nitrogens with zero attached hydrogens (tertiary/aromatic N) is 1. The van der Waals surface area contributed by atoms with Gasteiger partial charge in [0.1, 0.15) is 0 Å². The highest BCUT2D eigenvalue weighted by Gasteiger charge is 2.34. The zero-order chi connectivity index (χ0) is 20.9. The minimum Gasteiger partial charge on any atom is -0.354 e. The van der Waals surface area contributed by atoms with E-state index in [1.165, 1.54) is 0 Å². The highest BCUT2D eigenvalue weighted by atomic mass is 16.2. The van der Waals surface area contributed by atoms with Crippen molar-refractivity contribution in [3.63, 3.8) is 0 Å². The van der Waals surface area contributed by atoms with Gasteiger partial charge in [-0.2, -0.15) is 0 Å². The van der Waals surface area contributed by atoms with Gasteiger partial charge in [-0.1, -0.05) is 48.5 Å². The standard InChI is InChI=1S/C24H23N3O3/c28-22-15-20(16-27(22)21-8-2-1-3-9-21)24(30)26-13-12-25-23(29)19-11-10-17-6-4-5-7-18(17)14-19/h1-11,14,20H,12-13,15-16H2,(H,25,29)(H,26,30). The van der Waals surface area contributed by atoms with Crippen LogP contribution in [0.15, 0.2) is 72.8 Å². The van der Waals surface area contributed by atoms with E-state index in [1.807, 2.05) is 66.7 Å². The van der Waals surface area contributed by atoms with Gasteiger partial charge < -0.3 is 15.5 Å². The number of benzene rings is 3. The molecule has 0 bridgehead atoms.